The van der Waals surface area contributed by atoms with E-state index in [1.807, 2.05) is 70.2 Å². The van der Waals surface area contributed by atoms with Crippen LogP contribution in [0.4, 0.5) is 0 Å². The van der Waals surface area contributed by atoms with Crippen LogP contribution < -0.4 is 11.3 Å². The van der Waals surface area contributed by atoms with E-state index in [9.17, 15) is 9.59 Å². The van der Waals surface area contributed by atoms with Gasteiger partial charge in [-0.3, -0.25) is 0 Å². The molecule has 13 aromatic carbocycles. The molecule has 0 aliphatic heterocycles. The highest BCUT2D eigenvalue weighted by molar-refractivity contribution is 5.88. The Morgan fingerprint density at radius 3 is 0.963 bits per heavy atom. The Kier molecular flexibility index (Phi) is 42.0. The normalized spacial score (nSPS) is 12.6. The third-order valence-corrected chi connectivity index (χ3v) is 27.0. The van der Waals surface area contributed by atoms with E-state index in [2.05, 4.69) is 347 Å². The van der Waals surface area contributed by atoms with Crippen LogP contribution in [0.1, 0.15) is 292 Å². The maximum Gasteiger partial charge on any atom is 0.344 e. The van der Waals surface area contributed by atoms with Crippen molar-refractivity contribution in [2.24, 2.45) is 5.92 Å². The summed E-state index contributed by atoms with van der Waals surface area (Å²) < 4.78 is 11.3. The van der Waals surface area contributed by atoms with Gasteiger partial charge >= 0.3 is 11.3 Å². The molecule has 0 radical (unpaired) electrons. The van der Waals surface area contributed by atoms with Gasteiger partial charge in [0.05, 0.1) is 11.1 Å². The molecule has 1 saturated carbocycles. The number of hydrogen-bond acceptors (Lipinski definition) is 4. The summed E-state index contributed by atoms with van der Waals surface area (Å²) in [5, 5.41) is 2.03. The summed E-state index contributed by atoms with van der Waals surface area (Å²) in [5.41, 5.74) is 41.5. The third kappa shape index (κ3) is 28.2. The number of fused-ring (bicyclic) bond motifs is 2. The molecule has 16 rings (SSSR count). The lowest BCUT2D eigenvalue weighted by atomic mass is 9.77. The van der Waals surface area contributed by atoms with E-state index in [-0.39, 0.29) is 12.7 Å². The molecule has 0 atom stereocenters. The van der Waals surface area contributed by atoms with Crippen LogP contribution in [-0.4, -0.2) is 0 Å². The van der Waals surface area contributed by atoms with Gasteiger partial charge in [0.1, 0.15) is 11.2 Å². The van der Waals surface area contributed by atoms with Crippen molar-refractivity contribution in [2.75, 3.05) is 0 Å². The monoisotopic (exact) mass is 1780 g/mol. The molecule has 1 aliphatic rings. The lowest BCUT2D eigenvalue weighted by Gasteiger charge is -2.28. The smallest absolute Gasteiger partial charge is 0.344 e. The highest BCUT2D eigenvalue weighted by atomic mass is 16.4. The molecular weight excluding hydrogens is 1630 g/mol. The predicted molar refractivity (Wildman–Crippen MR) is 587 cm³/mol. The maximum atomic E-state index is 12.5. The number of rotatable bonds is 29. The number of aryl methyl sites for hydroxylation is 13. The van der Waals surface area contributed by atoms with E-state index in [4.69, 9.17) is 8.83 Å². The van der Waals surface area contributed by atoms with Crippen molar-refractivity contribution >= 4 is 21.9 Å². The Morgan fingerprint density at radius 1 is 0.261 bits per heavy atom. The molecule has 702 valence electrons. The first-order valence-corrected chi connectivity index (χ1v) is 51.7. The van der Waals surface area contributed by atoms with E-state index in [1.54, 1.807) is 5.56 Å². The molecular formula is C130H158O4. The second kappa shape index (κ2) is 54.0. The third-order valence-electron chi connectivity index (χ3n) is 27.0. The van der Waals surface area contributed by atoms with Crippen LogP contribution in [-0.2, 0) is 83.5 Å². The minimum absolute atomic E-state index is 0. The van der Waals surface area contributed by atoms with Gasteiger partial charge in [-0.15, -0.1) is 0 Å². The van der Waals surface area contributed by atoms with Crippen LogP contribution in [0, 0.1) is 19.8 Å². The van der Waals surface area contributed by atoms with Gasteiger partial charge in [-0.25, -0.2) is 9.59 Å². The van der Waals surface area contributed by atoms with Crippen LogP contribution >= 0.6 is 0 Å². The van der Waals surface area contributed by atoms with Crippen LogP contribution in [0.5, 0.6) is 0 Å². The summed E-state index contributed by atoms with van der Waals surface area (Å²) in [5.74, 6) is 1.76. The van der Waals surface area contributed by atoms with Crippen molar-refractivity contribution in [2.45, 2.75) is 298 Å². The molecule has 0 bridgehead atoms. The number of benzene rings is 13. The van der Waals surface area contributed by atoms with Crippen molar-refractivity contribution in [1.82, 2.24) is 0 Å². The van der Waals surface area contributed by atoms with E-state index >= 15 is 0 Å². The number of hydrogen-bond donors (Lipinski definition) is 0. The van der Waals surface area contributed by atoms with E-state index in [1.165, 1.54) is 215 Å². The van der Waals surface area contributed by atoms with Gasteiger partial charge in [0.25, 0.3) is 0 Å². The van der Waals surface area contributed by atoms with E-state index in [0.29, 0.717) is 16.7 Å². The molecule has 2 aromatic heterocycles. The average molecular weight is 1780 g/mol. The summed E-state index contributed by atoms with van der Waals surface area (Å²) in [4.78, 5) is 24.9. The summed E-state index contributed by atoms with van der Waals surface area (Å²) in [6.45, 7) is 43.3. The largest absolute Gasteiger partial charge is 0.422 e. The Labute approximate surface area is 809 Å². The van der Waals surface area contributed by atoms with Crippen LogP contribution in [0.3, 0.4) is 0 Å². The Hall–Kier alpha value is -11.7. The predicted octanol–water partition coefficient (Wildman–Crippen LogP) is 37.2. The molecule has 0 N–H and O–H groups in total. The lowest BCUT2D eigenvalue weighted by Crippen LogP contribution is -2.12. The van der Waals surface area contributed by atoms with Gasteiger partial charge in [0.15, 0.2) is 0 Å². The highest BCUT2D eigenvalue weighted by Gasteiger charge is 2.23. The molecule has 0 amide bonds. The summed E-state index contributed by atoms with van der Waals surface area (Å²) in [7, 11) is 0. The molecule has 134 heavy (non-hydrogen) atoms. The topological polar surface area (TPSA) is 60.4 Å². The minimum atomic E-state index is -0.267. The van der Waals surface area contributed by atoms with Gasteiger partial charge in [0.2, 0.25) is 0 Å². The Morgan fingerprint density at radius 2 is 0.597 bits per heavy atom. The molecule has 15 aromatic rings. The maximum absolute atomic E-state index is 12.5. The molecule has 4 heteroatoms. The average Bonchev–Trinajstić information content (AvgIpc) is 0.780. The second-order valence-corrected chi connectivity index (χ2v) is 36.0. The first kappa shape index (κ1) is 104. The van der Waals surface area contributed by atoms with Crippen LogP contribution in [0.25, 0.3) is 111 Å². The van der Waals surface area contributed by atoms with E-state index in [0.717, 1.165) is 128 Å². The van der Waals surface area contributed by atoms with Gasteiger partial charge in [-0.1, -0.05) is 406 Å². The zero-order valence-corrected chi connectivity index (χ0v) is 85.3. The summed E-state index contributed by atoms with van der Waals surface area (Å²) in [6, 6.07) is 102. The van der Waals surface area contributed by atoms with E-state index < -0.39 is 0 Å². The van der Waals surface area contributed by atoms with Crippen molar-refractivity contribution in [3.8, 4) is 89.0 Å². The van der Waals surface area contributed by atoms with Gasteiger partial charge in [-0.2, -0.15) is 0 Å². The molecule has 2 heterocycles. The van der Waals surface area contributed by atoms with Gasteiger partial charge in [-0.05, 0) is 344 Å². The molecule has 1 fully saturated rings. The standard InChI is InChI=1S/C33H36.C27H32.C24H32.2C21H22O2.2C2H6.H2/c1-4-7-25-10-16-28(17-11-25)31-22-32(29-18-12-26(8-5-2)13-19-29)24-33(23-31)30-20-14-27(9-6-3)15-21-30;1-4-7-21-10-14-24(15-11-21)26-18-23(9-6-3)19-27(20-26)25-16-12-22(8-5-2)13-17-25;1-5-19-7-9-21(10-8-19)22-11-13-23(14-12-22)24-16-15-20(6-2)17(3)18(24)4;1-4-14-7-9-17(10-8-14)19-13-18-16(6-3)11-15(5-2)12-20(18)23-21(19)22;1-4-14-7-9-16(10-8-14)19-13-17-12-11-15(5-2)18(6-3)20(17)23-21(19)22;2*1-2;/h10-24H,4-9H2,1-3H3;10-20H,4-9H2,1-3H3;11-16,19,21H,5-10H2,1-4H3;2*7-13H,4-6H2,1-3H3;2*1-2H3;1H. The summed E-state index contributed by atoms with van der Waals surface area (Å²) in [6.07, 6.45) is 27.7. The van der Waals surface area contributed by atoms with Crippen molar-refractivity contribution in [1.29, 1.82) is 0 Å². The zero-order chi connectivity index (χ0) is 96.0. The first-order valence-electron chi connectivity index (χ1n) is 51.7. The fourth-order valence-corrected chi connectivity index (χ4v) is 18.9. The van der Waals surface area contributed by atoms with Crippen molar-refractivity contribution in [3.63, 3.8) is 0 Å². The van der Waals surface area contributed by atoms with Crippen molar-refractivity contribution in [3.05, 3.63) is 389 Å². The summed E-state index contributed by atoms with van der Waals surface area (Å²) >= 11 is 0. The molecule has 0 saturated heterocycles. The Bertz CT molecular complexity index is 5980. The van der Waals surface area contributed by atoms with Crippen LogP contribution in [0.15, 0.2) is 297 Å². The van der Waals surface area contributed by atoms with Gasteiger partial charge < -0.3 is 8.83 Å². The second-order valence-electron chi connectivity index (χ2n) is 36.0. The van der Waals surface area contributed by atoms with Crippen LogP contribution in [0.2, 0.25) is 0 Å². The quantitative estimate of drug-likeness (QED) is 0.0438. The lowest BCUT2D eigenvalue weighted by molar-refractivity contribution is 0.319. The highest BCUT2D eigenvalue weighted by Crippen LogP contribution is 2.41. The minimum Gasteiger partial charge on any atom is -0.422 e. The molecule has 0 spiro atoms. The van der Waals surface area contributed by atoms with Gasteiger partial charge in [0, 0.05) is 12.2 Å². The fourth-order valence-electron chi connectivity index (χ4n) is 18.9. The van der Waals surface area contributed by atoms with Crippen molar-refractivity contribution < 1.29 is 10.3 Å². The molecule has 0 unspecified atom stereocenters. The Balaban J connectivity index is 0.000000188. The molecule has 1 aliphatic carbocycles. The SMILES string of the molecule is CC.CC.CCCc1ccc(-c2cc(-c3ccc(CCC)cc3)cc(-c3ccc(CCC)cc3)c2)cc1.CCCc1ccc(-c2cc(CCC)cc(-c3ccc(CCC)cc3)c2)cc1.CCc1ccc(-c2cc3c(CC)cc(CC)cc3oc2=O)cc1.CCc1ccc(-c2cc3ccc(CC)c(CC)c3oc2=O)cc1.CCc1ccc(-c2ccc(C3CCC(CC)CC3)cc2)c(C)c1C.[HH]. The first-order chi connectivity index (χ1) is 65.4. The zero-order valence-electron chi connectivity index (χ0n) is 85.3. The molecule has 4 nitrogen and oxygen atoms in total. The fraction of sp³-hybridized carbons (Fsp3) is 0.354.